The summed E-state index contributed by atoms with van der Waals surface area (Å²) in [4.78, 5) is 10.1. The van der Waals surface area contributed by atoms with Crippen LogP contribution in [0.15, 0.2) is 0 Å². The molecule has 0 saturated heterocycles. The molecule has 0 spiro atoms. The molecular formula is CH3Cl2N2O2P. The Bertz CT molecular complexity index is 141. The topological polar surface area (TPSA) is 72.2 Å². The van der Waals surface area contributed by atoms with Gasteiger partial charge in [-0.2, -0.15) is 0 Å². The van der Waals surface area contributed by atoms with E-state index in [0.717, 1.165) is 0 Å². The third kappa shape index (κ3) is 2.52. The molecule has 0 bridgehead atoms. The highest BCUT2D eigenvalue weighted by Crippen LogP contribution is 2.56. The zero-order chi connectivity index (χ0) is 6.78. The number of nitrogens with one attached hydrogen (secondary N) is 1. The van der Waals surface area contributed by atoms with E-state index in [0.29, 0.717) is 0 Å². The fourth-order valence-electron chi connectivity index (χ4n) is 0.0751. The molecule has 0 aliphatic carbocycles. The molecule has 0 fully saturated rings. The molecule has 3 N–H and O–H groups in total. The lowest BCUT2D eigenvalue weighted by molar-refractivity contribution is 0.259. The van der Waals surface area contributed by atoms with Crippen molar-refractivity contribution in [1.29, 1.82) is 0 Å². The van der Waals surface area contributed by atoms with Gasteiger partial charge in [-0.05, 0) is 22.5 Å². The molecule has 0 aromatic heterocycles. The fraction of sp³-hybridized carbons (Fsp3) is 0. The van der Waals surface area contributed by atoms with Crippen LogP contribution in [0.3, 0.4) is 0 Å². The zero-order valence-corrected chi connectivity index (χ0v) is 6.00. The lowest BCUT2D eigenvalue weighted by atomic mass is 11.4. The monoisotopic (exact) mass is 176 g/mol. The van der Waals surface area contributed by atoms with Gasteiger partial charge in [0.15, 0.2) is 0 Å². The van der Waals surface area contributed by atoms with Crippen molar-refractivity contribution in [2.24, 2.45) is 5.84 Å². The van der Waals surface area contributed by atoms with E-state index in [1.54, 1.807) is 0 Å². The number of hydrazine groups is 1. The minimum Gasteiger partial charge on any atom is -0.286 e. The Morgan fingerprint density at radius 1 is 1.62 bits per heavy atom. The van der Waals surface area contributed by atoms with E-state index < -0.39 is 11.5 Å². The van der Waals surface area contributed by atoms with Crippen LogP contribution in [0.25, 0.3) is 0 Å². The number of hydrogen-bond donors (Lipinski definition) is 2. The molecule has 0 aliphatic heterocycles. The van der Waals surface area contributed by atoms with E-state index in [9.17, 15) is 9.36 Å². The van der Waals surface area contributed by atoms with Crippen LogP contribution >= 0.6 is 28.3 Å². The van der Waals surface area contributed by atoms with E-state index in [1.807, 2.05) is 0 Å². The highest BCUT2D eigenvalue weighted by atomic mass is 35.9. The molecule has 1 amide bonds. The maximum atomic E-state index is 10.2. The summed E-state index contributed by atoms with van der Waals surface area (Å²) in [6, 6.07) is 0. The predicted octanol–water partition coefficient (Wildman–Crippen LogP) is 1.24. The third-order valence-corrected chi connectivity index (χ3v) is 1.88. The lowest BCUT2D eigenvalue weighted by Crippen LogP contribution is -2.26. The zero-order valence-electron chi connectivity index (χ0n) is 3.60. The summed E-state index contributed by atoms with van der Waals surface area (Å²) >= 11 is 9.63. The van der Waals surface area contributed by atoms with Crippen LogP contribution in [0.4, 0.5) is 4.79 Å². The molecule has 4 nitrogen and oxygen atoms in total. The van der Waals surface area contributed by atoms with Crippen LogP contribution in [0, 0.1) is 0 Å². The molecule has 0 saturated carbocycles. The van der Waals surface area contributed by atoms with Gasteiger partial charge in [0, 0.05) is 0 Å². The molecule has 0 radical (unpaired) electrons. The van der Waals surface area contributed by atoms with E-state index in [4.69, 9.17) is 22.5 Å². The Balaban J connectivity index is 4.04. The second-order valence-electron chi connectivity index (χ2n) is 0.912. The molecule has 0 aliphatic rings. The lowest BCUT2D eigenvalue weighted by Gasteiger charge is -1.95. The fourth-order valence-corrected chi connectivity index (χ4v) is 0.518. The van der Waals surface area contributed by atoms with Crippen LogP contribution in [0.2, 0.25) is 0 Å². The molecule has 0 aromatic carbocycles. The highest BCUT2D eigenvalue weighted by Gasteiger charge is 2.23. The summed E-state index contributed by atoms with van der Waals surface area (Å²) in [5.41, 5.74) is 0.484. The molecule has 0 aromatic rings. The van der Waals surface area contributed by atoms with Gasteiger partial charge in [-0.3, -0.25) is 14.8 Å². The van der Waals surface area contributed by atoms with Crippen LogP contribution in [-0.2, 0) is 4.57 Å². The minimum atomic E-state index is -3.69. The second-order valence-corrected chi connectivity index (χ2v) is 5.62. The number of halogens is 2. The van der Waals surface area contributed by atoms with Crippen LogP contribution in [-0.4, -0.2) is 5.65 Å². The molecule has 8 heavy (non-hydrogen) atoms. The first-order valence-corrected chi connectivity index (χ1v) is 5.00. The second kappa shape index (κ2) is 2.69. The van der Waals surface area contributed by atoms with Crippen LogP contribution < -0.4 is 11.3 Å². The average molecular weight is 177 g/mol. The first-order valence-electron chi connectivity index (χ1n) is 1.49. The number of hydrogen-bond acceptors (Lipinski definition) is 3. The van der Waals surface area contributed by atoms with Crippen molar-refractivity contribution in [3.8, 4) is 0 Å². The van der Waals surface area contributed by atoms with Crippen LogP contribution in [0.5, 0.6) is 0 Å². The van der Waals surface area contributed by atoms with Crippen molar-refractivity contribution >= 4 is 34.0 Å². The average Bonchev–Trinajstić information content (AvgIpc) is 1.62. The minimum absolute atomic E-state index is 1.05. The molecule has 7 heteroatoms. The van der Waals surface area contributed by atoms with Crippen molar-refractivity contribution in [2.45, 2.75) is 0 Å². The summed E-state index contributed by atoms with van der Waals surface area (Å²) in [5.74, 6) is 0.830. The Hall–Kier alpha value is 0.240. The van der Waals surface area contributed by atoms with Gasteiger partial charge >= 0.3 is 11.5 Å². The van der Waals surface area contributed by atoms with E-state index in [1.165, 1.54) is 5.43 Å². The highest BCUT2D eigenvalue weighted by molar-refractivity contribution is 8.19. The van der Waals surface area contributed by atoms with Crippen molar-refractivity contribution in [1.82, 2.24) is 5.43 Å². The summed E-state index contributed by atoms with van der Waals surface area (Å²) < 4.78 is 10.2. The van der Waals surface area contributed by atoms with E-state index >= 15 is 0 Å². The Morgan fingerprint density at radius 2 is 2.00 bits per heavy atom. The largest absolute Gasteiger partial charge is 0.338 e. The van der Waals surface area contributed by atoms with Crippen molar-refractivity contribution in [3.05, 3.63) is 0 Å². The van der Waals surface area contributed by atoms with Crippen molar-refractivity contribution in [3.63, 3.8) is 0 Å². The maximum Gasteiger partial charge on any atom is 0.338 e. The van der Waals surface area contributed by atoms with Gasteiger partial charge in [-0.25, -0.2) is 5.84 Å². The first kappa shape index (κ1) is 8.24. The number of amides is 1. The van der Waals surface area contributed by atoms with Gasteiger partial charge in [0.25, 0.3) is 0 Å². The smallest absolute Gasteiger partial charge is 0.286 e. The summed E-state index contributed by atoms with van der Waals surface area (Å²) in [7, 11) is 0. The van der Waals surface area contributed by atoms with E-state index in [-0.39, 0.29) is 0 Å². The van der Waals surface area contributed by atoms with Gasteiger partial charge < -0.3 is 0 Å². The standard InChI is InChI=1S/CH3Cl2N2O2P/c2-8(3,7)1(6)5-4/h4H2,(H,5,6). The van der Waals surface area contributed by atoms with Gasteiger partial charge in [-0.15, -0.1) is 0 Å². The van der Waals surface area contributed by atoms with Crippen molar-refractivity contribution in [2.75, 3.05) is 0 Å². The molecule has 0 rings (SSSR count). The molecule has 0 unspecified atom stereocenters. The summed E-state index contributed by atoms with van der Waals surface area (Å²) in [5, 5.41) is 0. The van der Waals surface area contributed by atoms with E-state index in [2.05, 4.69) is 5.84 Å². The first-order chi connectivity index (χ1) is 3.48. The normalized spacial score (nSPS) is 10.9. The Morgan fingerprint density at radius 3 is 2.00 bits per heavy atom. The quantitative estimate of drug-likeness (QED) is 0.274. The number of carbonyl (C=O) groups excluding carboxylic acids is 1. The SMILES string of the molecule is NNC(=O)P(=O)(Cl)Cl. The van der Waals surface area contributed by atoms with Crippen LogP contribution in [0.1, 0.15) is 0 Å². The van der Waals surface area contributed by atoms with Gasteiger partial charge in [-0.1, -0.05) is 0 Å². The Labute approximate surface area is 55.2 Å². The third-order valence-electron chi connectivity index (χ3n) is 0.360. The number of nitrogens with two attached hydrogens (primary N) is 1. The maximum absolute atomic E-state index is 10.2. The molecule has 48 valence electrons. The predicted molar refractivity (Wildman–Crippen MR) is 32.0 cm³/mol. The summed E-state index contributed by atoms with van der Waals surface area (Å²) in [6.45, 7) is 0. The van der Waals surface area contributed by atoms with Gasteiger partial charge in [0.05, 0.1) is 0 Å². The Kier molecular flexibility index (Phi) is 2.77. The molecular weight excluding hydrogens is 174 g/mol. The molecule has 0 atom stereocenters. The summed E-state index contributed by atoms with van der Waals surface area (Å²) in [6.07, 6.45) is 0. The van der Waals surface area contributed by atoms with Gasteiger partial charge in [0.2, 0.25) is 0 Å². The number of carbonyl (C=O) groups is 1. The van der Waals surface area contributed by atoms with Crippen molar-refractivity contribution < 1.29 is 9.36 Å². The molecule has 0 heterocycles. The van der Waals surface area contributed by atoms with Gasteiger partial charge in [0.1, 0.15) is 0 Å². The number of rotatable bonds is 1.